The lowest BCUT2D eigenvalue weighted by atomic mass is 9.64. The molecule has 0 amide bonds. The summed E-state index contributed by atoms with van der Waals surface area (Å²) >= 11 is 0. The van der Waals surface area contributed by atoms with Crippen molar-refractivity contribution in [1.29, 1.82) is 0 Å². The molecule has 1 fully saturated rings. The minimum atomic E-state index is -0.633. The predicted molar refractivity (Wildman–Crippen MR) is 78.3 cm³/mol. The molecule has 20 heavy (non-hydrogen) atoms. The van der Waals surface area contributed by atoms with Gasteiger partial charge < -0.3 is 5.11 Å². The first kappa shape index (κ1) is 15.1. The summed E-state index contributed by atoms with van der Waals surface area (Å²) in [5, 5.41) is 13.6. The molecule has 1 aliphatic rings. The Hall–Kier alpha value is -1.32. The lowest BCUT2D eigenvalue weighted by molar-refractivity contribution is -0.146. The van der Waals surface area contributed by atoms with Gasteiger partial charge in [-0.2, -0.15) is 5.10 Å². The maximum Gasteiger partial charge on any atom is 0.306 e. The fourth-order valence-corrected chi connectivity index (χ4v) is 3.48. The van der Waals surface area contributed by atoms with Gasteiger partial charge in [0, 0.05) is 13.2 Å². The summed E-state index contributed by atoms with van der Waals surface area (Å²) in [6.07, 6.45) is 7.54. The Morgan fingerprint density at radius 3 is 2.65 bits per heavy atom. The van der Waals surface area contributed by atoms with Gasteiger partial charge in [-0.05, 0) is 48.5 Å². The lowest BCUT2D eigenvalue weighted by Crippen LogP contribution is -2.36. The van der Waals surface area contributed by atoms with Crippen molar-refractivity contribution < 1.29 is 9.90 Å². The van der Waals surface area contributed by atoms with Crippen LogP contribution in [0.25, 0.3) is 0 Å². The second-order valence-corrected chi connectivity index (χ2v) is 7.31. The molecule has 3 atom stereocenters. The second-order valence-electron chi connectivity index (χ2n) is 7.31. The molecular formula is C16H26N2O2. The van der Waals surface area contributed by atoms with Crippen molar-refractivity contribution in [2.45, 2.75) is 46.5 Å². The van der Waals surface area contributed by atoms with Gasteiger partial charge in [0.1, 0.15) is 0 Å². The summed E-state index contributed by atoms with van der Waals surface area (Å²) in [6.45, 7) is 6.79. The zero-order valence-corrected chi connectivity index (χ0v) is 13.0. The fourth-order valence-electron chi connectivity index (χ4n) is 3.48. The van der Waals surface area contributed by atoms with Gasteiger partial charge in [0.25, 0.3) is 0 Å². The summed E-state index contributed by atoms with van der Waals surface area (Å²) in [5.74, 6) is 0.00880. The van der Waals surface area contributed by atoms with Gasteiger partial charge >= 0.3 is 5.97 Å². The Bertz CT molecular complexity index is 473. The van der Waals surface area contributed by atoms with Crippen molar-refractivity contribution in [3.8, 4) is 0 Å². The molecule has 112 valence electrons. The third-order valence-electron chi connectivity index (χ3n) is 4.78. The van der Waals surface area contributed by atoms with Crippen LogP contribution < -0.4 is 0 Å². The van der Waals surface area contributed by atoms with Gasteiger partial charge in [-0.25, -0.2) is 0 Å². The van der Waals surface area contributed by atoms with Gasteiger partial charge in [0.05, 0.1) is 12.1 Å². The van der Waals surface area contributed by atoms with E-state index in [1.807, 2.05) is 19.4 Å². The molecule has 1 aliphatic carbocycles. The molecule has 4 nitrogen and oxygen atoms in total. The molecule has 1 N–H and O–H groups in total. The van der Waals surface area contributed by atoms with Crippen LogP contribution >= 0.6 is 0 Å². The normalized spacial score (nSPS) is 27.5. The van der Waals surface area contributed by atoms with Crippen molar-refractivity contribution >= 4 is 5.97 Å². The molecule has 0 aliphatic heterocycles. The van der Waals surface area contributed by atoms with Crippen LogP contribution in [0.1, 0.15) is 45.6 Å². The maximum absolute atomic E-state index is 11.5. The van der Waals surface area contributed by atoms with E-state index >= 15 is 0 Å². The number of carboxylic acids is 1. The molecule has 0 spiro atoms. The third-order valence-corrected chi connectivity index (χ3v) is 4.78. The molecule has 2 rings (SSSR count). The number of carbonyl (C=O) groups is 1. The zero-order chi connectivity index (χ0) is 14.9. The van der Waals surface area contributed by atoms with Crippen LogP contribution in [0, 0.1) is 23.2 Å². The number of aromatic nitrogens is 2. The Morgan fingerprint density at radius 1 is 1.45 bits per heavy atom. The van der Waals surface area contributed by atoms with Crippen LogP contribution in [-0.4, -0.2) is 20.9 Å². The van der Waals surface area contributed by atoms with Gasteiger partial charge in [-0.3, -0.25) is 9.48 Å². The van der Waals surface area contributed by atoms with E-state index in [0.717, 1.165) is 31.2 Å². The third kappa shape index (κ3) is 3.41. The molecule has 1 heterocycles. The highest BCUT2D eigenvalue weighted by Gasteiger charge is 2.38. The van der Waals surface area contributed by atoms with Crippen molar-refractivity contribution in [2.24, 2.45) is 30.2 Å². The average molecular weight is 278 g/mol. The van der Waals surface area contributed by atoms with Crippen molar-refractivity contribution in [1.82, 2.24) is 9.78 Å². The summed E-state index contributed by atoms with van der Waals surface area (Å²) in [5.41, 5.74) is 1.41. The first-order valence-corrected chi connectivity index (χ1v) is 7.47. The molecule has 1 saturated carbocycles. The molecule has 3 unspecified atom stereocenters. The number of aryl methyl sites for hydroxylation is 1. The number of aliphatic carboxylic acids is 1. The largest absolute Gasteiger partial charge is 0.481 e. The monoisotopic (exact) mass is 278 g/mol. The van der Waals surface area contributed by atoms with Crippen LogP contribution in [0.3, 0.4) is 0 Å². The van der Waals surface area contributed by atoms with Crippen LogP contribution in [-0.2, 0) is 18.3 Å². The average Bonchev–Trinajstić information content (AvgIpc) is 2.73. The van der Waals surface area contributed by atoms with E-state index in [-0.39, 0.29) is 17.3 Å². The van der Waals surface area contributed by atoms with E-state index < -0.39 is 5.97 Å². The van der Waals surface area contributed by atoms with Gasteiger partial charge in [-0.1, -0.05) is 20.8 Å². The van der Waals surface area contributed by atoms with Crippen LogP contribution in [0.2, 0.25) is 0 Å². The molecule has 1 aromatic heterocycles. The predicted octanol–water partition coefficient (Wildman–Crippen LogP) is 3.13. The Balaban J connectivity index is 2.12. The van der Waals surface area contributed by atoms with Crippen LogP contribution in [0.5, 0.6) is 0 Å². The summed E-state index contributed by atoms with van der Waals surface area (Å²) in [4.78, 5) is 11.5. The molecule has 0 bridgehead atoms. The number of hydrogen-bond acceptors (Lipinski definition) is 2. The highest BCUT2D eigenvalue weighted by molar-refractivity contribution is 5.70. The fraction of sp³-hybridized carbons (Fsp3) is 0.750. The Kier molecular flexibility index (Phi) is 4.21. The van der Waals surface area contributed by atoms with E-state index in [2.05, 4.69) is 25.9 Å². The summed E-state index contributed by atoms with van der Waals surface area (Å²) < 4.78 is 1.79. The topological polar surface area (TPSA) is 55.1 Å². The van der Waals surface area contributed by atoms with E-state index in [4.69, 9.17) is 0 Å². The number of hydrogen-bond donors (Lipinski definition) is 1. The first-order valence-electron chi connectivity index (χ1n) is 7.47. The zero-order valence-electron chi connectivity index (χ0n) is 13.0. The number of rotatable bonds is 3. The minimum Gasteiger partial charge on any atom is -0.481 e. The minimum absolute atomic E-state index is 0.200. The van der Waals surface area contributed by atoms with Gasteiger partial charge in [0.15, 0.2) is 0 Å². The molecule has 1 aromatic rings. The Labute approximate surface area is 121 Å². The van der Waals surface area contributed by atoms with Crippen LogP contribution in [0.15, 0.2) is 12.4 Å². The van der Waals surface area contributed by atoms with Crippen molar-refractivity contribution in [3.63, 3.8) is 0 Å². The van der Waals surface area contributed by atoms with Crippen LogP contribution in [0.4, 0.5) is 0 Å². The quantitative estimate of drug-likeness (QED) is 0.924. The summed E-state index contributed by atoms with van der Waals surface area (Å²) in [7, 11) is 1.90. The SMILES string of the molecule is Cn1cc(CC2CC(C(C)(C)C)CCC2C(=O)O)cn1. The maximum atomic E-state index is 11.5. The van der Waals surface area contributed by atoms with Crippen molar-refractivity contribution in [2.75, 3.05) is 0 Å². The van der Waals surface area contributed by atoms with Crippen molar-refractivity contribution in [3.05, 3.63) is 18.0 Å². The van der Waals surface area contributed by atoms with E-state index in [1.54, 1.807) is 4.68 Å². The lowest BCUT2D eigenvalue weighted by Gasteiger charge is -2.40. The Morgan fingerprint density at radius 2 is 2.15 bits per heavy atom. The van der Waals surface area contributed by atoms with E-state index in [1.165, 1.54) is 0 Å². The standard InChI is InChI=1S/C16H26N2O2/c1-16(2,3)13-5-6-14(15(19)20)12(8-13)7-11-9-17-18(4)10-11/h9-10,12-14H,5-8H2,1-4H3,(H,19,20). The summed E-state index contributed by atoms with van der Waals surface area (Å²) in [6, 6.07) is 0. The smallest absolute Gasteiger partial charge is 0.306 e. The first-order chi connectivity index (χ1) is 9.27. The highest BCUT2D eigenvalue weighted by atomic mass is 16.4. The molecule has 0 radical (unpaired) electrons. The highest BCUT2D eigenvalue weighted by Crippen LogP contribution is 2.43. The number of nitrogens with zero attached hydrogens (tertiary/aromatic N) is 2. The van der Waals surface area contributed by atoms with Gasteiger partial charge in [-0.15, -0.1) is 0 Å². The molecule has 0 aromatic carbocycles. The molecule has 4 heteroatoms. The van der Waals surface area contributed by atoms with E-state index in [0.29, 0.717) is 5.92 Å². The van der Waals surface area contributed by atoms with E-state index in [9.17, 15) is 9.90 Å². The molecule has 0 saturated heterocycles. The molecular weight excluding hydrogens is 252 g/mol. The van der Waals surface area contributed by atoms with Gasteiger partial charge in [0.2, 0.25) is 0 Å². The second kappa shape index (κ2) is 5.58. The number of carboxylic acid groups (broad SMARTS) is 1.